The molecule has 0 atom stereocenters. The van der Waals surface area contributed by atoms with Gasteiger partial charge in [0, 0.05) is 13.6 Å². The summed E-state index contributed by atoms with van der Waals surface area (Å²) in [5.41, 5.74) is -5.87. The van der Waals surface area contributed by atoms with E-state index in [1.807, 2.05) is 0 Å². The number of hydrogen-bond acceptors (Lipinski definition) is 2. The SMILES string of the molecule is [2H]c1c([2H])c(C(c2c([2H])c(Cl)c(O)c(Cl)c2[2H])(C([2H])([2H])[2H])C([2H])([2H])[2H])c([2H])c([2H])c1O. The highest BCUT2D eigenvalue weighted by molar-refractivity contribution is 6.37. The van der Waals surface area contributed by atoms with Gasteiger partial charge in [0.2, 0.25) is 0 Å². The van der Waals surface area contributed by atoms with Gasteiger partial charge in [0.1, 0.15) is 5.75 Å². The van der Waals surface area contributed by atoms with Gasteiger partial charge in [-0.15, -0.1) is 0 Å². The standard InChI is InChI=1S/C15H14Cl2O2/c1-15(2,9-3-5-11(18)6-4-9)10-7-12(16)14(19)13(17)8-10/h3-8,18-19H,1-2H3/i1D3,2D3,3D,4D,5D,6D,7D,8D. The molecule has 0 radical (unpaired) electrons. The molecule has 0 saturated heterocycles. The maximum atomic E-state index is 9.92. The van der Waals surface area contributed by atoms with Gasteiger partial charge in [-0.05, 0) is 35.3 Å². The molecule has 0 aliphatic carbocycles. The fourth-order valence-corrected chi connectivity index (χ4v) is 1.70. The molecule has 0 fully saturated rings. The summed E-state index contributed by atoms with van der Waals surface area (Å²) in [6.07, 6.45) is 0. The molecule has 0 spiro atoms. The third kappa shape index (κ3) is 2.65. The van der Waals surface area contributed by atoms with Gasteiger partial charge in [-0.2, -0.15) is 0 Å². The molecule has 0 amide bonds. The molecule has 0 saturated carbocycles. The summed E-state index contributed by atoms with van der Waals surface area (Å²) < 4.78 is 96.6. The van der Waals surface area contributed by atoms with Crippen molar-refractivity contribution in [1.82, 2.24) is 0 Å². The van der Waals surface area contributed by atoms with Crippen LogP contribution in [0.25, 0.3) is 0 Å². The molecular weight excluding hydrogens is 283 g/mol. The monoisotopic (exact) mass is 308 g/mol. The van der Waals surface area contributed by atoms with Crippen LogP contribution in [0, 0.1) is 0 Å². The highest BCUT2D eigenvalue weighted by Crippen LogP contribution is 2.39. The van der Waals surface area contributed by atoms with E-state index in [0.717, 1.165) is 0 Å². The minimum Gasteiger partial charge on any atom is -0.508 e. The largest absolute Gasteiger partial charge is 0.508 e. The Hall–Kier alpha value is -1.38. The summed E-state index contributed by atoms with van der Waals surface area (Å²) in [5.74, 6) is -2.12. The molecule has 0 bridgehead atoms. The number of halogens is 2. The summed E-state index contributed by atoms with van der Waals surface area (Å²) in [7, 11) is 0. The fourth-order valence-electron chi connectivity index (χ4n) is 1.27. The van der Waals surface area contributed by atoms with E-state index in [4.69, 9.17) is 39.7 Å². The van der Waals surface area contributed by atoms with E-state index in [0.29, 0.717) is 0 Å². The maximum absolute atomic E-state index is 9.92. The number of hydrogen-bond donors (Lipinski definition) is 2. The Bertz CT molecular complexity index is 934. The molecule has 0 heterocycles. The quantitative estimate of drug-likeness (QED) is 0.842. The molecule has 2 N–H and O–H groups in total. The van der Waals surface area contributed by atoms with Crippen LogP contribution in [0.15, 0.2) is 36.3 Å². The van der Waals surface area contributed by atoms with Gasteiger partial charge in [0.25, 0.3) is 0 Å². The second-order valence-corrected chi connectivity index (χ2v) is 4.33. The van der Waals surface area contributed by atoms with E-state index >= 15 is 0 Å². The molecule has 0 aromatic heterocycles. The zero-order valence-corrected chi connectivity index (χ0v) is 10.7. The molecular formula is C15H14Cl2O2. The summed E-state index contributed by atoms with van der Waals surface area (Å²) in [5, 5.41) is 18.0. The first kappa shape index (κ1) is 5.19. The number of benzene rings is 2. The average molecular weight is 309 g/mol. The molecule has 0 aliphatic heterocycles. The van der Waals surface area contributed by atoms with Crippen LogP contribution in [0.4, 0.5) is 0 Å². The van der Waals surface area contributed by atoms with E-state index in [1.54, 1.807) is 0 Å². The molecule has 4 heteroatoms. The lowest BCUT2D eigenvalue weighted by Gasteiger charge is -2.26. The number of phenolic OH excluding ortho intramolecular Hbond substituents is 2. The number of rotatable bonds is 2. The van der Waals surface area contributed by atoms with E-state index in [1.165, 1.54) is 0 Å². The Morgan fingerprint density at radius 3 is 2.00 bits per heavy atom. The van der Waals surface area contributed by atoms with Crippen molar-refractivity contribution in [1.29, 1.82) is 0 Å². The predicted molar refractivity (Wildman–Crippen MR) is 78.4 cm³/mol. The van der Waals surface area contributed by atoms with E-state index < -0.39 is 88.0 Å². The van der Waals surface area contributed by atoms with Gasteiger partial charge in [0.05, 0.1) is 18.3 Å². The van der Waals surface area contributed by atoms with Crippen molar-refractivity contribution in [2.75, 3.05) is 0 Å². The maximum Gasteiger partial charge on any atom is 0.152 e. The minimum atomic E-state index is -3.71. The minimum absolute atomic E-state index is 0.872. The molecule has 0 unspecified atom stereocenters. The predicted octanol–water partition coefficient (Wildman–Crippen LogP) is 4.73. The first-order chi connectivity index (χ1) is 13.9. The van der Waals surface area contributed by atoms with Crippen molar-refractivity contribution < 1.29 is 26.7 Å². The summed E-state index contributed by atoms with van der Waals surface area (Å²) in [6, 6.07) is -6.86. The Kier molecular flexibility index (Phi) is 1.35. The highest BCUT2D eigenvalue weighted by atomic mass is 35.5. The smallest absolute Gasteiger partial charge is 0.152 e. The van der Waals surface area contributed by atoms with E-state index in [2.05, 4.69) is 0 Å². The zero-order valence-electron chi connectivity index (χ0n) is 21.2. The first-order valence-corrected chi connectivity index (χ1v) is 5.58. The van der Waals surface area contributed by atoms with Gasteiger partial charge < -0.3 is 10.2 Å². The average Bonchev–Trinajstić information content (AvgIpc) is 2.64. The topological polar surface area (TPSA) is 40.5 Å². The molecule has 100 valence electrons. The highest BCUT2D eigenvalue weighted by Gasteiger charge is 2.25. The molecule has 2 aromatic carbocycles. The molecule has 19 heavy (non-hydrogen) atoms. The first-order valence-electron chi connectivity index (χ1n) is 10.8. The zero-order chi connectivity index (χ0) is 24.4. The van der Waals surface area contributed by atoms with Crippen LogP contribution in [0.1, 0.15) is 41.3 Å². The number of phenols is 2. The van der Waals surface area contributed by atoms with Crippen LogP contribution in [0.2, 0.25) is 10.0 Å². The third-order valence-corrected chi connectivity index (χ3v) is 2.79. The van der Waals surface area contributed by atoms with Gasteiger partial charge >= 0.3 is 0 Å². The van der Waals surface area contributed by atoms with E-state index in [9.17, 15) is 10.2 Å². The van der Waals surface area contributed by atoms with Crippen molar-refractivity contribution >= 4 is 23.2 Å². The Balaban J connectivity index is 3.41. The van der Waals surface area contributed by atoms with Crippen LogP contribution in [0.5, 0.6) is 11.5 Å². The third-order valence-electron chi connectivity index (χ3n) is 2.25. The van der Waals surface area contributed by atoms with Crippen LogP contribution < -0.4 is 0 Å². The normalized spacial score (nSPS) is 22.0. The van der Waals surface area contributed by atoms with Crippen molar-refractivity contribution in [2.45, 2.75) is 19.1 Å². The van der Waals surface area contributed by atoms with Gasteiger partial charge in [0.15, 0.2) is 5.75 Å². The second kappa shape index (κ2) is 4.95. The second-order valence-electron chi connectivity index (χ2n) is 3.58. The Morgan fingerprint density at radius 1 is 1.00 bits per heavy atom. The molecule has 2 rings (SSSR count). The van der Waals surface area contributed by atoms with Gasteiger partial charge in [-0.3, -0.25) is 0 Å². The van der Waals surface area contributed by atoms with Crippen LogP contribution in [-0.2, 0) is 5.41 Å². The van der Waals surface area contributed by atoms with Crippen molar-refractivity contribution in [3.8, 4) is 11.5 Å². The fraction of sp³-hybridized carbons (Fsp3) is 0.200. The van der Waals surface area contributed by atoms with Crippen LogP contribution in [0.3, 0.4) is 0 Å². The van der Waals surface area contributed by atoms with Crippen molar-refractivity contribution in [2.24, 2.45) is 0 Å². The van der Waals surface area contributed by atoms with Crippen LogP contribution in [-0.4, -0.2) is 10.2 Å². The summed E-state index contributed by atoms with van der Waals surface area (Å²) in [4.78, 5) is 0. The number of aromatic hydroxyl groups is 2. The van der Waals surface area contributed by atoms with Gasteiger partial charge in [-0.1, -0.05) is 49.0 Å². The van der Waals surface area contributed by atoms with Crippen molar-refractivity contribution in [3.63, 3.8) is 0 Å². The molecule has 2 nitrogen and oxygen atoms in total. The van der Waals surface area contributed by atoms with Gasteiger partial charge in [-0.25, -0.2) is 0 Å². The van der Waals surface area contributed by atoms with Crippen molar-refractivity contribution in [3.05, 3.63) is 57.4 Å². The lowest BCUT2D eigenvalue weighted by atomic mass is 9.78. The Morgan fingerprint density at radius 2 is 1.53 bits per heavy atom. The summed E-state index contributed by atoms with van der Waals surface area (Å²) >= 11 is 11.7. The van der Waals surface area contributed by atoms with E-state index in [-0.39, 0.29) is 0 Å². The Labute approximate surface area is 139 Å². The molecule has 2 aromatic rings. The summed E-state index contributed by atoms with van der Waals surface area (Å²) in [6.45, 7) is -7.43. The lowest BCUT2D eigenvalue weighted by Crippen LogP contribution is -2.18. The lowest BCUT2D eigenvalue weighted by molar-refractivity contribution is 0.474. The van der Waals surface area contributed by atoms with Crippen LogP contribution >= 0.6 is 23.2 Å². The molecule has 0 aliphatic rings.